The summed E-state index contributed by atoms with van der Waals surface area (Å²) >= 11 is 0. The van der Waals surface area contributed by atoms with Gasteiger partial charge in [0.1, 0.15) is 6.10 Å². The summed E-state index contributed by atoms with van der Waals surface area (Å²) in [4.78, 5) is 28.4. The fourth-order valence-electron chi connectivity index (χ4n) is 3.09. The standard InChI is InChI=1S/C16H29N3O3/c1-3-4-8-18(2)15(20)13-5-9-19(10-6-13)16(21)14-12-17-7-11-22-14/h13-14,17H,3-12H2,1-2H3. The molecule has 2 fully saturated rings. The van der Waals surface area contributed by atoms with Crippen LogP contribution in [0.15, 0.2) is 0 Å². The van der Waals surface area contributed by atoms with Gasteiger partial charge in [-0.05, 0) is 19.3 Å². The highest BCUT2D eigenvalue weighted by Gasteiger charge is 2.32. The Morgan fingerprint density at radius 3 is 2.64 bits per heavy atom. The zero-order valence-electron chi connectivity index (χ0n) is 13.8. The summed E-state index contributed by atoms with van der Waals surface area (Å²) < 4.78 is 5.52. The van der Waals surface area contributed by atoms with Crippen LogP contribution in [0.1, 0.15) is 32.6 Å². The van der Waals surface area contributed by atoms with Gasteiger partial charge in [0.2, 0.25) is 5.91 Å². The summed E-state index contributed by atoms with van der Waals surface area (Å²) in [6, 6.07) is 0. The van der Waals surface area contributed by atoms with E-state index in [0.717, 1.165) is 38.8 Å². The van der Waals surface area contributed by atoms with Crippen molar-refractivity contribution in [3.63, 3.8) is 0 Å². The minimum atomic E-state index is -0.353. The van der Waals surface area contributed by atoms with E-state index in [4.69, 9.17) is 4.74 Å². The Balaban J connectivity index is 1.77. The normalized spacial score (nSPS) is 23.4. The summed E-state index contributed by atoms with van der Waals surface area (Å²) in [6.07, 6.45) is 3.32. The van der Waals surface area contributed by atoms with Crippen molar-refractivity contribution in [3.05, 3.63) is 0 Å². The third-order valence-electron chi connectivity index (χ3n) is 4.58. The fraction of sp³-hybridized carbons (Fsp3) is 0.875. The number of morpholine rings is 1. The first-order valence-corrected chi connectivity index (χ1v) is 8.49. The van der Waals surface area contributed by atoms with Crippen molar-refractivity contribution in [3.8, 4) is 0 Å². The molecule has 0 spiro atoms. The predicted octanol–water partition coefficient (Wildman–Crippen LogP) is 0.472. The van der Waals surface area contributed by atoms with Crippen molar-refractivity contribution >= 4 is 11.8 Å². The lowest BCUT2D eigenvalue weighted by Gasteiger charge is -2.35. The number of hydrogen-bond acceptors (Lipinski definition) is 4. The molecule has 0 aromatic carbocycles. The number of carbonyl (C=O) groups excluding carboxylic acids is 2. The van der Waals surface area contributed by atoms with Crippen LogP contribution in [0.3, 0.4) is 0 Å². The van der Waals surface area contributed by atoms with Crippen molar-refractivity contribution in [2.45, 2.75) is 38.7 Å². The third-order valence-corrected chi connectivity index (χ3v) is 4.58. The number of rotatable bonds is 5. The molecular weight excluding hydrogens is 282 g/mol. The van der Waals surface area contributed by atoms with Crippen LogP contribution in [0.4, 0.5) is 0 Å². The number of amides is 2. The molecule has 2 rings (SSSR count). The number of hydrogen-bond donors (Lipinski definition) is 1. The average molecular weight is 311 g/mol. The molecule has 0 aromatic rings. The van der Waals surface area contributed by atoms with Crippen LogP contribution in [0.25, 0.3) is 0 Å². The molecule has 6 heteroatoms. The zero-order valence-corrected chi connectivity index (χ0v) is 13.8. The van der Waals surface area contributed by atoms with Crippen molar-refractivity contribution in [1.29, 1.82) is 0 Å². The van der Waals surface area contributed by atoms with E-state index in [-0.39, 0.29) is 23.8 Å². The average Bonchev–Trinajstić information content (AvgIpc) is 2.59. The minimum absolute atomic E-state index is 0.0660. The van der Waals surface area contributed by atoms with Gasteiger partial charge in [-0.25, -0.2) is 0 Å². The van der Waals surface area contributed by atoms with Gasteiger partial charge in [0, 0.05) is 45.7 Å². The van der Waals surface area contributed by atoms with Gasteiger partial charge in [0.05, 0.1) is 6.61 Å². The van der Waals surface area contributed by atoms with E-state index >= 15 is 0 Å². The van der Waals surface area contributed by atoms with E-state index < -0.39 is 0 Å². The second-order valence-corrected chi connectivity index (χ2v) is 6.28. The molecule has 0 radical (unpaired) electrons. The maximum atomic E-state index is 12.4. The van der Waals surface area contributed by atoms with Crippen LogP contribution in [-0.2, 0) is 14.3 Å². The number of ether oxygens (including phenoxy) is 1. The van der Waals surface area contributed by atoms with Crippen LogP contribution < -0.4 is 5.32 Å². The van der Waals surface area contributed by atoms with Gasteiger partial charge < -0.3 is 19.9 Å². The Labute approximate surface area is 133 Å². The van der Waals surface area contributed by atoms with E-state index in [1.807, 2.05) is 16.8 Å². The molecule has 0 aromatic heterocycles. The largest absolute Gasteiger partial charge is 0.366 e. The Kier molecular flexibility index (Phi) is 6.64. The zero-order chi connectivity index (χ0) is 15.9. The lowest BCUT2D eigenvalue weighted by atomic mass is 9.95. The highest BCUT2D eigenvalue weighted by Crippen LogP contribution is 2.20. The molecule has 2 saturated heterocycles. The van der Waals surface area contributed by atoms with Gasteiger partial charge in [-0.3, -0.25) is 9.59 Å². The van der Waals surface area contributed by atoms with Gasteiger partial charge in [-0.1, -0.05) is 13.3 Å². The first-order valence-electron chi connectivity index (χ1n) is 8.49. The molecule has 0 bridgehead atoms. The molecule has 2 heterocycles. The molecule has 1 unspecified atom stereocenters. The molecule has 0 saturated carbocycles. The summed E-state index contributed by atoms with van der Waals surface area (Å²) in [5.41, 5.74) is 0. The SMILES string of the molecule is CCCCN(C)C(=O)C1CCN(C(=O)C2CNCCO2)CC1. The number of piperidine rings is 1. The van der Waals surface area contributed by atoms with Gasteiger partial charge in [-0.2, -0.15) is 0 Å². The lowest BCUT2D eigenvalue weighted by molar-refractivity contribution is -0.148. The quantitative estimate of drug-likeness (QED) is 0.802. The molecular formula is C16H29N3O3. The maximum Gasteiger partial charge on any atom is 0.253 e. The molecule has 2 amide bonds. The lowest BCUT2D eigenvalue weighted by Crippen LogP contribution is -2.52. The Hall–Kier alpha value is -1.14. The van der Waals surface area contributed by atoms with Gasteiger partial charge in [0.25, 0.3) is 5.91 Å². The highest BCUT2D eigenvalue weighted by molar-refractivity contribution is 5.82. The Morgan fingerprint density at radius 2 is 2.05 bits per heavy atom. The fourth-order valence-corrected chi connectivity index (χ4v) is 3.09. The van der Waals surface area contributed by atoms with Gasteiger partial charge in [-0.15, -0.1) is 0 Å². The van der Waals surface area contributed by atoms with E-state index in [1.54, 1.807) is 0 Å². The van der Waals surface area contributed by atoms with Crippen LogP contribution >= 0.6 is 0 Å². The molecule has 1 atom stereocenters. The van der Waals surface area contributed by atoms with Crippen molar-refractivity contribution in [2.75, 3.05) is 46.4 Å². The van der Waals surface area contributed by atoms with Crippen molar-refractivity contribution in [2.24, 2.45) is 5.92 Å². The maximum absolute atomic E-state index is 12.4. The molecule has 2 aliphatic rings. The van der Waals surface area contributed by atoms with E-state index in [1.165, 1.54) is 0 Å². The van der Waals surface area contributed by atoms with E-state index in [0.29, 0.717) is 26.2 Å². The molecule has 6 nitrogen and oxygen atoms in total. The number of likely N-dealkylation sites (tertiary alicyclic amines) is 1. The predicted molar refractivity (Wildman–Crippen MR) is 84.5 cm³/mol. The second kappa shape index (κ2) is 8.48. The van der Waals surface area contributed by atoms with Crippen molar-refractivity contribution < 1.29 is 14.3 Å². The molecule has 126 valence electrons. The van der Waals surface area contributed by atoms with Crippen LogP contribution in [0, 0.1) is 5.92 Å². The summed E-state index contributed by atoms with van der Waals surface area (Å²) in [7, 11) is 1.89. The number of nitrogens with zero attached hydrogens (tertiary/aromatic N) is 2. The summed E-state index contributed by atoms with van der Waals surface area (Å²) in [5, 5.41) is 3.18. The Morgan fingerprint density at radius 1 is 1.32 bits per heavy atom. The molecule has 0 aliphatic carbocycles. The molecule has 1 N–H and O–H groups in total. The minimum Gasteiger partial charge on any atom is -0.366 e. The first kappa shape index (κ1) is 17.2. The second-order valence-electron chi connectivity index (χ2n) is 6.28. The van der Waals surface area contributed by atoms with Crippen LogP contribution in [-0.4, -0.2) is 74.1 Å². The topological polar surface area (TPSA) is 61.9 Å². The highest BCUT2D eigenvalue weighted by atomic mass is 16.5. The van der Waals surface area contributed by atoms with Crippen molar-refractivity contribution in [1.82, 2.24) is 15.1 Å². The Bertz CT molecular complexity index is 375. The molecule has 22 heavy (non-hydrogen) atoms. The monoisotopic (exact) mass is 311 g/mol. The summed E-state index contributed by atoms with van der Waals surface area (Å²) in [5.74, 6) is 0.366. The summed E-state index contributed by atoms with van der Waals surface area (Å²) in [6.45, 7) is 6.28. The number of nitrogens with one attached hydrogen (secondary N) is 1. The number of unbranched alkanes of at least 4 members (excludes halogenated alkanes) is 1. The first-order chi connectivity index (χ1) is 10.6. The number of carbonyl (C=O) groups is 2. The smallest absolute Gasteiger partial charge is 0.253 e. The van der Waals surface area contributed by atoms with E-state index in [2.05, 4.69) is 12.2 Å². The van der Waals surface area contributed by atoms with Gasteiger partial charge in [0.15, 0.2) is 0 Å². The van der Waals surface area contributed by atoms with Crippen LogP contribution in [0.5, 0.6) is 0 Å². The molecule has 2 aliphatic heterocycles. The van der Waals surface area contributed by atoms with Gasteiger partial charge >= 0.3 is 0 Å². The van der Waals surface area contributed by atoms with E-state index in [9.17, 15) is 9.59 Å². The third kappa shape index (κ3) is 4.43. The van der Waals surface area contributed by atoms with Crippen LogP contribution in [0.2, 0.25) is 0 Å².